The van der Waals surface area contributed by atoms with Gasteiger partial charge < -0.3 is 15.4 Å². The molecule has 1 saturated heterocycles. The normalized spacial score (nSPS) is 15.4. The van der Waals surface area contributed by atoms with Gasteiger partial charge in [-0.2, -0.15) is 0 Å². The summed E-state index contributed by atoms with van der Waals surface area (Å²) in [7, 11) is 1.66. The fourth-order valence-corrected chi connectivity index (χ4v) is 3.34. The van der Waals surface area contributed by atoms with Crippen molar-refractivity contribution in [3.63, 3.8) is 0 Å². The Morgan fingerprint density at radius 3 is 2.21 bits per heavy atom. The summed E-state index contributed by atoms with van der Waals surface area (Å²) >= 11 is 1.68. The zero-order chi connectivity index (χ0) is 16.9. The number of methoxy groups -OCH3 is 1. The smallest absolute Gasteiger partial charge is 0.227 e. The molecule has 1 aliphatic rings. The number of hydrogen-bond donors (Lipinski definition) is 2. The van der Waals surface area contributed by atoms with Gasteiger partial charge in [-0.25, -0.2) is 0 Å². The third kappa shape index (κ3) is 4.10. The third-order valence-electron chi connectivity index (χ3n) is 4.35. The van der Waals surface area contributed by atoms with Crippen LogP contribution in [0.15, 0.2) is 58.3 Å². The van der Waals surface area contributed by atoms with Crippen LogP contribution in [0.4, 0.5) is 5.69 Å². The van der Waals surface area contributed by atoms with E-state index >= 15 is 0 Å². The van der Waals surface area contributed by atoms with E-state index in [4.69, 9.17) is 4.74 Å². The molecular formula is C19H22N2O2S. The van der Waals surface area contributed by atoms with Gasteiger partial charge in [0.25, 0.3) is 0 Å². The molecule has 2 aromatic carbocycles. The number of carbonyl (C=O) groups is 1. The van der Waals surface area contributed by atoms with Gasteiger partial charge in [-0.1, -0.05) is 18.7 Å². The van der Waals surface area contributed by atoms with Gasteiger partial charge in [0.05, 0.1) is 7.11 Å². The first-order valence-corrected chi connectivity index (χ1v) is 8.91. The third-order valence-corrected chi connectivity index (χ3v) is 5.37. The fourth-order valence-electron chi connectivity index (χ4n) is 2.52. The Bertz CT molecular complexity index is 682. The first kappa shape index (κ1) is 16.9. The number of hydrogen-bond acceptors (Lipinski definition) is 4. The first-order chi connectivity index (χ1) is 11.7. The maximum atomic E-state index is 12.2. The minimum atomic E-state index is 0.0413. The highest BCUT2D eigenvalue weighted by atomic mass is 32.2. The Balaban J connectivity index is 1.57. The molecule has 0 spiro atoms. The lowest BCUT2D eigenvalue weighted by molar-refractivity contribution is -0.121. The molecule has 1 unspecified atom stereocenters. The van der Waals surface area contributed by atoms with Gasteiger partial charge in [-0.05, 0) is 67.5 Å². The molecule has 1 amide bonds. The number of rotatable bonds is 6. The van der Waals surface area contributed by atoms with Crippen molar-refractivity contribution in [3.8, 4) is 5.75 Å². The van der Waals surface area contributed by atoms with E-state index in [0.717, 1.165) is 34.3 Å². The molecule has 4 nitrogen and oxygen atoms in total. The predicted octanol–water partition coefficient (Wildman–Crippen LogP) is 3.64. The van der Waals surface area contributed by atoms with Crippen LogP contribution in [-0.4, -0.2) is 26.1 Å². The second kappa shape index (κ2) is 7.73. The van der Waals surface area contributed by atoms with Crippen LogP contribution in [0.3, 0.4) is 0 Å². The Morgan fingerprint density at radius 2 is 1.71 bits per heavy atom. The van der Waals surface area contributed by atoms with Crippen LogP contribution in [0.1, 0.15) is 6.92 Å². The number of nitrogens with one attached hydrogen (secondary N) is 2. The lowest BCUT2D eigenvalue weighted by Gasteiger charge is -2.31. The Morgan fingerprint density at radius 1 is 1.12 bits per heavy atom. The van der Waals surface area contributed by atoms with Crippen molar-refractivity contribution in [3.05, 3.63) is 48.5 Å². The number of ether oxygens (including phenoxy) is 1. The highest BCUT2D eigenvalue weighted by Gasteiger charge is 2.28. The molecule has 0 aromatic heterocycles. The maximum absolute atomic E-state index is 12.2. The van der Waals surface area contributed by atoms with Crippen molar-refractivity contribution in [2.24, 2.45) is 11.8 Å². The summed E-state index contributed by atoms with van der Waals surface area (Å²) in [4.78, 5) is 14.5. The Hall–Kier alpha value is -1.98. The molecule has 2 N–H and O–H groups in total. The standard InChI is InChI=1S/C19H22N2O2S/c1-13(14-11-20-12-14)19(22)21-15-3-7-17(8-4-15)24-18-9-5-16(23-2)6-10-18/h3-10,13-14,20H,11-12H2,1-2H3,(H,21,22). The van der Waals surface area contributed by atoms with Gasteiger partial charge >= 0.3 is 0 Å². The van der Waals surface area contributed by atoms with Gasteiger partial charge in [0, 0.05) is 21.4 Å². The van der Waals surface area contributed by atoms with Crippen molar-refractivity contribution >= 4 is 23.4 Å². The second-order valence-electron chi connectivity index (χ2n) is 6.00. The first-order valence-electron chi connectivity index (χ1n) is 8.09. The molecule has 1 heterocycles. The topological polar surface area (TPSA) is 50.4 Å². The number of anilines is 1. The fraction of sp³-hybridized carbons (Fsp3) is 0.316. The SMILES string of the molecule is COc1ccc(Sc2ccc(NC(=O)C(C)C3CNC3)cc2)cc1. The van der Waals surface area contributed by atoms with E-state index in [1.807, 2.05) is 55.5 Å². The minimum Gasteiger partial charge on any atom is -0.497 e. The summed E-state index contributed by atoms with van der Waals surface area (Å²) in [5, 5.41) is 6.21. The molecule has 24 heavy (non-hydrogen) atoms. The molecule has 0 aliphatic carbocycles. The van der Waals surface area contributed by atoms with Crippen LogP contribution in [0, 0.1) is 11.8 Å². The van der Waals surface area contributed by atoms with Crippen LogP contribution in [0.5, 0.6) is 5.75 Å². The molecule has 126 valence electrons. The Kier molecular flexibility index (Phi) is 5.43. The van der Waals surface area contributed by atoms with Gasteiger partial charge in [0.2, 0.25) is 5.91 Å². The van der Waals surface area contributed by atoms with Crippen molar-refractivity contribution in [1.29, 1.82) is 0 Å². The van der Waals surface area contributed by atoms with E-state index in [1.54, 1.807) is 18.9 Å². The molecule has 5 heteroatoms. The summed E-state index contributed by atoms with van der Waals surface area (Å²) in [5.74, 6) is 1.44. The summed E-state index contributed by atoms with van der Waals surface area (Å²) in [6.07, 6.45) is 0. The molecule has 0 saturated carbocycles. The van der Waals surface area contributed by atoms with E-state index in [1.165, 1.54) is 0 Å². The predicted molar refractivity (Wildman–Crippen MR) is 97.7 cm³/mol. The lowest BCUT2D eigenvalue weighted by Crippen LogP contribution is -2.48. The van der Waals surface area contributed by atoms with E-state index in [2.05, 4.69) is 10.6 Å². The Labute approximate surface area is 147 Å². The van der Waals surface area contributed by atoms with Gasteiger partial charge in [0.15, 0.2) is 0 Å². The molecule has 0 radical (unpaired) electrons. The van der Waals surface area contributed by atoms with Crippen LogP contribution < -0.4 is 15.4 Å². The maximum Gasteiger partial charge on any atom is 0.227 e. The molecule has 2 aromatic rings. The summed E-state index contributed by atoms with van der Waals surface area (Å²) < 4.78 is 5.17. The highest BCUT2D eigenvalue weighted by molar-refractivity contribution is 7.99. The molecule has 1 aliphatic heterocycles. The molecule has 1 atom stereocenters. The van der Waals surface area contributed by atoms with Crippen LogP contribution in [0.2, 0.25) is 0 Å². The van der Waals surface area contributed by atoms with Crippen molar-refractivity contribution < 1.29 is 9.53 Å². The van der Waals surface area contributed by atoms with E-state index < -0.39 is 0 Å². The average molecular weight is 342 g/mol. The number of carbonyl (C=O) groups excluding carboxylic acids is 1. The van der Waals surface area contributed by atoms with Crippen LogP contribution in [0.25, 0.3) is 0 Å². The van der Waals surface area contributed by atoms with Crippen molar-refractivity contribution in [2.75, 3.05) is 25.5 Å². The summed E-state index contributed by atoms with van der Waals surface area (Å²) in [6.45, 7) is 3.87. The van der Waals surface area contributed by atoms with E-state index in [0.29, 0.717) is 5.92 Å². The van der Waals surface area contributed by atoms with Crippen LogP contribution >= 0.6 is 11.8 Å². The van der Waals surface area contributed by atoms with Gasteiger partial charge in [0.1, 0.15) is 5.75 Å². The van der Waals surface area contributed by atoms with E-state index in [-0.39, 0.29) is 11.8 Å². The zero-order valence-electron chi connectivity index (χ0n) is 13.9. The zero-order valence-corrected chi connectivity index (χ0v) is 14.7. The summed E-state index contributed by atoms with van der Waals surface area (Å²) in [6, 6.07) is 15.9. The highest BCUT2D eigenvalue weighted by Crippen LogP contribution is 2.30. The lowest BCUT2D eigenvalue weighted by atomic mass is 9.88. The second-order valence-corrected chi connectivity index (χ2v) is 7.15. The molecule has 3 rings (SSSR count). The molecule has 0 bridgehead atoms. The van der Waals surface area contributed by atoms with E-state index in [9.17, 15) is 4.79 Å². The van der Waals surface area contributed by atoms with Crippen molar-refractivity contribution in [1.82, 2.24) is 5.32 Å². The average Bonchev–Trinajstić information content (AvgIpc) is 2.55. The monoisotopic (exact) mass is 342 g/mol. The number of benzene rings is 2. The van der Waals surface area contributed by atoms with Gasteiger partial charge in [-0.3, -0.25) is 4.79 Å². The number of amides is 1. The molecular weight excluding hydrogens is 320 g/mol. The van der Waals surface area contributed by atoms with Gasteiger partial charge in [-0.15, -0.1) is 0 Å². The summed E-state index contributed by atoms with van der Waals surface area (Å²) in [5.41, 5.74) is 0.846. The molecule has 1 fully saturated rings. The largest absolute Gasteiger partial charge is 0.497 e. The van der Waals surface area contributed by atoms with Crippen molar-refractivity contribution in [2.45, 2.75) is 16.7 Å². The quantitative estimate of drug-likeness (QED) is 0.841. The minimum absolute atomic E-state index is 0.0413. The van der Waals surface area contributed by atoms with Crippen LogP contribution in [-0.2, 0) is 4.79 Å².